The first-order chi connectivity index (χ1) is 8.99. The second kappa shape index (κ2) is 5.25. The zero-order valence-electron chi connectivity index (χ0n) is 10.3. The lowest BCUT2D eigenvalue weighted by molar-refractivity contribution is -0.615. The van der Waals surface area contributed by atoms with E-state index in [2.05, 4.69) is 0 Å². The molecule has 2 rings (SSSR count). The molecule has 4 atom stereocenters. The maximum atomic E-state index is 11.7. The molecule has 1 aromatic rings. The summed E-state index contributed by atoms with van der Waals surface area (Å²) >= 11 is 0. The number of aromatic nitrogens is 2. The highest BCUT2D eigenvalue weighted by molar-refractivity contribution is 4.96. The Morgan fingerprint density at radius 2 is 2.16 bits per heavy atom. The van der Waals surface area contributed by atoms with Gasteiger partial charge in [-0.15, -0.1) is 0 Å². The van der Waals surface area contributed by atoms with Crippen LogP contribution in [0, 0.1) is 5.21 Å². The Labute approximate surface area is 108 Å². The summed E-state index contributed by atoms with van der Waals surface area (Å²) < 4.78 is 6.75. The highest BCUT2D eigenvalue weighted by Gasteiger charge is 2.44. The molecule has 0 spiro atoms. The topological polar surface area (TPSA) is 119 Å². The van der Waals surface area contributed by atoms with Gasteiger partial charge in [0.1, 0.15) is 18.3 Å². The monoisotopic (exact) mass is 272 g/mol. The van der Waals surface area contributed by atoms with Gasteiger partial charge in [-0.3, -0.25) is 9.36 Å². The van der Waals surface area contributed by atoms with E-state index in [-0.39, 0.29) is 0 Å². The molecule has 1 aromatic heterocycles. The Bertz CT molecular complexity index is 516. The van der Waals surface area contributed by atoms with Crippen LogP contribution in [0.5, 0.6) is 0 Å². The van der Waals surface area contributed by atoms with E-state index in [0.29, 0.717) is 16.8 Å². The molecule has 0 unspecified atom stereocenters. The van der Waals surface area contributed by atoms with Crippen molar-refractivity contribution < 1.29 is 24.8 Å². The van der Waals surface area contributed by atoms with Gasteiger partial charge in [-0.1, -0.05) is 6.92 Å². The molecule has 1 fully saturated rings. The Balaban J connectivity index is 2.40. The van der Waals surface area contributed by atoms with Crippen LogP contribution in [0.2, 0.25) is 0 Å². The maximum Gasteiger partial charge on any atom is 0.318 e. The van der Waals surface area contributed by atoms with Gasteiger partial charge < -0.3 is 25.3 Å². The van der Waals surface area contributed by atoms with Crippen LogP contribution < -0.4 is 10.3 Å². The number of nitrogens with zero attached hydrogens (tertiary/aromatic N) is 2. The van der Waals surface area contributed by atoms with Gasteiger partial charge in [-0.05, 0) is 0 Å². The maximum absolute atomic E-state index is 11.7. The van der Waals surface area contributed by atoms with Crippen LogP contribution in [0.15, 0.2) is 17.2 Å². The summed E-state index contributed by atoms with van der Waals surface area (Å²) in [5, 5.41) is 39.9. The van der Waals surface area contributed by atoms with Crippen molar-refractivity contribution in [2.24, 2.45) is 0 Å². The van der Waals surface area contributed by atoms with Gasteiger partial charge in [-0.25, -0.2) is 0 Å². The molecule has 3 N–H and O–H groups in total. The number of hydrogen-bond donors (Lipinski definition) is 3. The molecule has 2 heterocycles. The van der Waals surface area contributed by atoms with Gasteiger partial charge in [0.05, 0.1) is 12.8 Å². The van der Waals surface area contributed by atoms with Crippen LogP contribution in [-0.2, 0) is 11.2 Å². The zero-order valence-corrected chi connectivity index (χ0v) is 10.3. The number of rotatable bonds is 3. The number of aliphatic hydroxyl groups is 3. The average molecular weight is 272 g/mol. The highest BCUT2D eigenvalue weighted by atomic mass is 16.6. The van der Waals surface area contributed by atoms with Gasteiger partial charge in [-0.2, -0.15) is 4.73 Å². The van der Waals surface area contributed by atoms with Crippen molar-refractivity contribution in [1.29, 1.82) is 0 Å². The largest absolute Gasteiger partial charge is 0.618 e. The van der Waals surface area contributed by atoms with Crippen molar-refractivity contribution >= 4 is 0 Å². The molecular weight excluding hydrogens is 256 g/mol. The minimum absolute atomic E-state index is 0.331. The van der Waals surface area contributed by atoms with Gasteiger partial charge in [0.15, 0.2) is 6.23 Å². The Morgan fingerprint density at radius 3 is 2.68 bits per heavy atom. The Kier molecular flexibility index (Phi) is 3.85. The molecule has 0 aliphatic carbocycles. The summed E-state index contributed by atoms with van der Waals surface area (Å²) in [5.41, 5.74) is -0.320. The van der Waals surface area contributed by atoms with Gasteiger partial charge in [0, 0.05) is 6.42 Å². The van der Waals surface area contributed by atoms with Crippen LogP contribution in [-0.4, -0.2) is 44.8 Å². The number of ether oxygens (including phenoxy) is 1. The zero-order chi connectivity index (χ0) is 14.2. The standard InChI is InChI=1S/C11H16N2O6/c1-2-6-3-12(8(15)4-13(6)18)11-10(17)9(16)7(5-14)19-11/h3-4,7,9-11,14,16-17H,2,5H2,1H3/t7-,9-,10-,11-/m1/s1. The summed E-state index contributed by atoms with van der Waals surface area (Å²) in [6.45, 7) is 1.27. The minimum atomic E-state index is -1.35. The van der Waals surface area contributed by atoms with Crippen LogP contribution in [0.1, 0.15) is 18.8 Å². The summed E-state index contributed by atoms with van der Waals surface area (Å²) in [6, 6.07) is 0. The normalized spacial score (nSPS) is 30.7. The van der Waals surface area contributed by atoms with E-state index in [0.717, 1.165) is 10.8 Å². The molecule has 0 amide bonds. The number of aliphatic hydroxyl groups excluding tert-OH is 3. The fourth-order valence-electron chi connectivity index (χ4n) is 2.09. The summed E-state index contributed by atoms with van der Waals surface area (Å²) in [6.07, 6.45) is -2.18. The second-order valence-corrected chi connectivity index (χ2v) is 4.40. The summed E-state index contributed by atoms with van der Waals surface area (Å²) in [4.78, 5) is 11.7. The Morgan fingerprint density at radius 1 is 1.47 bits per heavy atom. The first-order valence-electron chi connectivity index (χ1n) is 5.96. The van der Waals surface area contributed by atoms with Gasteiger partial charge >= 0.3 is 5.56 Å². The van der Waals surface area contributed by atoms with E-state index < -0.39 is 36.7 Å². The molecule has 8 heteroatoms. The minimum Gasteiger partial charge on any atom is -0.618 e. The van der Waals surface area contributed by atoms with E-state index in [1.807, 2.05) is 0 Å². The van der Waals surface area contributed by atoms with Crippen molar-refractivity contribution in [3.8, 4) is 0 Å². The smallest absolute Gasteiger partial charge is 0.318 e. The molecule has 8 nitrogen and oxygen atoms in total. The molecule has 1 aliphatic heterocycles. The first kappa shape index (κ1) is 13.9. The third-order valence-corrected chi connectivity index (χ3v) is 3.21. The number of aryl methyl sites for hydroxylation is 1. The molecule has 0 bridgehead atoms. The predicted molar refractivity (Wildman–Crippen MR) is 62.0 cm³/mol. The highest BCUT2D eigenvalue weighted by Crippen LogP contribution is 2.27. The van der Waals surface area contributed by atoms with Crippen LogP contribution in [0.25, 0.3) is 0 Å². The molecule has 0 radical (unpaired) electrons. The molecular formula is C11H16N2O6. The second-order valence-electron chi connectivity index (χ2n) is 4.40. The SMILES string of the molecule is CCc1cn([C@@H]2O[C@H](CO)[C@@H](O)[C@H]2O)c(=O)c[n+]1[O-]. The fraction of sp³-hybridized carbons (Fsp3) is 0.636. The van der Waals surface area contributed by atoms with Crippen molar-refractivity contribution in [3.05, 3.63) is 33.6 Å². The van der Waals surface area contributed by atoms with Gasteiger partial charge in [0.25, 0.3) is 0 Å². The first-order valence-corrected chi connectivity index (χ1v) is 5.96. The van der Waals surface area contributed by atoms with E-state index in [4.69, 9.17) is 9.84 Å². The molecule has 0 saturated carbocycles. The van der Waals surface area contributed by atoms with Crippen molar-refractivity contribution in [2.45, 2.75) is 37.9 Å². The lowest BCUT2D eigenvalue weighted by atomic mass is 10.1. The molecule has 106 valence electrons. The summed E-state index contributed by atoms with van der Waals surface area (Å²) in [5.74, 6) is 0. The van der Waals surface area contributed by atoms with E-state index in [1.54, 1.807) is 6.92 Å². The lowest BCUT2D eigenvalue weighted by Gasteiger charge is -2.17. The Hall–Kier alpha value is -1.48. The molecule has 1 saturated heterocycles. The third-order valence-electron chi connectivity index (χ3n) is 3.21. The van der Waals surface area contributed by atoms with E-state index in [1.165, 1.54) is 6.20 Å². The van der Waals surface area contributed by atoms with Crippen LogP contribution in [0.3, 0.4) is 0 Å². The molecule has 0 aromatic carbocycles. The van der Waals surface area contributed by atoms with E-state index in [9.17, 15) is 20.2 Å². The van der Waals surface area contributed by atoms with E-state index >= 15 is 0 Å². The molecule has 19 heavy (non-hydrogen) atoms. The summed E-state index contributed by atoms with van der Waals surface area (Å²) in [7, 11) is 0. The fourth-order valence-corrected chi connectivity index (χ4v) is 2.09. The predicted octanol–water partition coefficient (Wildman–Crippen LogP) is -2.34. The van der Waals surface area contributed by atoms with Crippen molar-refractivity contribution in [2.75, 3.05) is 6.61 Å². The number of hydrogen-bond acceptors (Lipinski definition) is 6. The van der Waals surface area contributed by atoms with Crippen molar-refractivity contribution in [3.63, 3.8) is 0 Å². The molecule has 1 aliphatic rings. The van der Waals surface area contributed by atoms with Crippen LogP contribution >= 0.6 is 0 Å². The third kappa shape index (κ3) is 2.35. The average Bonchev–Trinajstić information content (AvgIpc) is 2.67. The van der Waals surface area contributed by atoms with Crippen LogP contribution in [0.4, 0.5) is 0 Å². The van der Waals surface area contributed by atoms with Gasteiger partial charge in [0.2, 0.25) is 11.9 Å². The quantitative estimate of drug-likeness (QED) is 0.419. The van der Waals surface area contributed by atoms with Crippen molar-refractivity contribution in [1.82, 2.24) is 4.57 Å². The lowest BCUT2D eigenvalue weighted by Crippen LogP contribution is -2.42.